The number of hydrogen-bond acceptors (Lipinski definition) is 4. The van der Waals surface area contributed by atoms with Crippen LogP contribution in [0.3, 0.4) is 0 Å². The van der Waals surface area contributed by atoms with Crippen LogP contribution >= 0.6 is 11.6 Å². The van der Waals surface area contributed by atoms with Gasteiger partial charge in [-0.05, 0) is 37.6 Å². The molecule has 1 aliphatic heterocycles. The third kappa shape index (κ3) is 2.28. The molecule has 0 radical (unpaired) electrons. The monoisotopic (exact) mass is 279 g/mol. The van der Waals surface area contributed by atoms with E-state index in [1.807, 2.05) is 26.0 Å². The van der Waals surface area contributed by atoms with Gasteiger partial charge in [0, 0.05) is 23.6 Å². The lowest BCUT2D eigenvalue weighted by Gasteiger charge is -2.10. The lowest BCUT2D eigenvalue weighted by atomic mass is 10.0. The number of ether oxygens (including phenoxy) is 2. The summed E-state index contributed by atoms with van der Waals surface area (Å²) in [6.07, 6.45) is 1.09. The van der Waals surface area contributed by atoms with Gasteiger partial charge >= 0.3 is 0 Å². The molecule has 4 nitrogen and oxygen atoms in total. The van der Waals surface area contributed by atoms with Gasteiger partial charge in [0.05, 0.1) is 6.61 Å². The van der Waals surface area contributed by atoms with Gasteiger partial charge in [-0.3, -0.25) is 0 Å². The highest BCUT2D eigenvalue weighted by Crippen LogP contribution is 2.40. The molecule has 2 heterocycles. The molecule has 0 N–H and O–H groups in total. The van der Waals surface area contributed by atoms with Gasteiger partial charge in [0.1, 0.15) is 23.3 Å². The normalized spacial score (nSPS) is 17.1. The van der Waals surface area contributed by atoms with Crippen molar-refractivity contribution in [1.29, 1.82) is 0 Å². The van der Waals surface area contributed by atoms with E-state index in [9.17, 15) is 0 Å². The van der Waals surface area contributed by atoms with Crippen molar-refractivity contribution in [3.8, 4) is 22.8 Å². The molecule has 100 valence electrons. The van der Waals surface area contributed by atoms with Crippen LogP contribution < -0.4 is 9.47 Å². The predicted octanol–water partition coefficient (Wildman–Crippen LogP) is 3.72. The van der Waals surface area contributed by atoms with Crippen LogP contribution in [0.5, 0.6) is 11.5 Å². The van der Waals surface area contributed by atoms with Gasteiger partial charge in [0.25, 0.3) is 0 Å². The van der Waals surface area contributed by atoms with Gasteiger partial charge in [-0.1, -0.05) is 5.16 Å². The van der Waals surface area contributed by atoms with Gasteiger partial charge in [0.2, 0.25) is 5.22 Å². The number of fused-ring (bicyclic) bond motifs is 1. The first kappa shape index (κ1) is 12.4. The molecule has 0 fully saturated rings. The van der Waals surface area contributed by atoms with Crippen molar-refractivity contribution in [3.63, 3.8) is 0 Å². The third-order valence-corrected chi connectivity index (χ3v) is 3.23. The molecule has 1 aromatic heterocycles. The smallest absolute Gasteiger partial charge is 0.226 e. The summed E-state index contributed by atoms with van der Waals surface area (Å²) in [4.78, 5) is 0. The number of halogens is 1. The Hall–Kier alpha value is -1.68. The highest BCUT2D eigenvalue weighted by Gasteiger charge is 2.23. The first-order valence-electron chi connectivity index (χ1n) is 6.26. The van der Waals surface area contributed by atoms with Crippen LogP contribution in [0.15, 0.2) is 22.7 Å². The molecule has 19 heavy (non-hydrogen) atoms. The Balaban J connectivity index is 2.09. The lowest BCUT2D eigenvalue weighted by molar-refractivity contribution is 0.254. The topological polar surface area (TPSA) is 44.5 Å². The van der Waals surface area contributed by atoms with E-state index < -0.39 is 0 Å². The standard InChI is InChI=1S/C14H14ClNO3/c1-3-17-13-5-9-4-8(2)18-12(9)6-10(13)11-7-14(15)19-16-11/h5-8H,3-4H2,1-2H3. The Morgan fingerprint density at radius 2 is 2.26 bits per heavy atom. The highest BCUT2D eigenvalue weighted by molar-refractivity contribution is 6.29. The molecule has 0 aliphatic carbocycles. The molecule has 2 aromatic rings. The fourth-order valence-corrected chi connectivity index (χ4v) is 2.43. The average Bonchev–Trinajstić information content (AvgIpc) is 2.93. The zero-order chi connectivity index (χ0) is 13.4. The summed E-state index contributed by atoms with van der Waals surface area (Å²) in [7, 11) is 0. The van der Waals surface area contributed by atoms with Gasteiger partial charge in [-0.2, -0.15) is 0 Å². The van der Waals surface area contributed by atoms with Crippen LogP contribution in [0.4, 0.5) is 0 Å². The Labute approximate surface area is 116 Å². The van der Waals surface area contributed by atoms with E-state index >= 15 is 0 Å². The second kappa shape index (κ2) is 4.78. The number of nitrogens with zero attached hydrogens (tertiary/aromatic N) is 1. The molecule has 0 spiro atoms. The van der Waals surface area contributed by atoms with E-state index in [1.54, 1.807) is 6.07 Å². The van der Waals surface area contributed by atoms with E-state index in [0.717, 1.165) is 29.0 Å². The SMILES string of the molecule is CCOc1cc2c(cc1-c1cc(Cl)on1)OC(C)C2. The fraction of sp³-hybridized carbons (Fsp3) is 0.357. The van der Waals surface area contributed by atoms with Gasteiger partial charge < -0.3 is 14.0 Å². The maximum atomic E-state index is 5.78. The summed E-state index contributed by atoms with van der Waals surface area (Å²) in [5.74, 6) is 1.66. The Bertz CT molecular complexity index is 609. The van der Waals surface area contributed by atoms with E-state index in [-0.39, 0.29) is 11.3 Å². The molecule has 3 rings (SSSR count). The molecule has 1 unspecified atom stereocenters. The second-order valence-electron chi connectivity index (χ2n) is 4.54. The quantitative estimate of drug-likeness (QED) is 0.859. The maximum absolute atomic E-state index is 5.78. The summed E-state index contributed by atoms with van der Waals surface area (Å²) >= 11 is 5.78. The second-order valence-corrected chi connectivity index (χ2v) is 4.91. The van der Waals surface area contributed by atoms with Crippen molar-refractivity contribution in [2.45, 2.75) is 26.4 Å². The molecule has 0 saturated carbocycles. The molecular formula is C14H14ClNO3. The summed E-state index contributed by atoms with van der Waals surface area (Å²) in [6, 6.07) is 5.63. The average molecular weight is 280 g/mol. The van der Waals surface area contributed by atoms with E-state index in [2.05, 4.69) is 5.16 Å². The van der Waals surface area contributed by atoms with Gasteiger partial charge in [0.15, 0.2) is 0 Å². The minimum Gasteiger partial charge on any atom is -0.493 e. The van der Waals surface area contributed by atoms with Gasteiger partial charge in [-0.25, -0.2) is 0 Å². The zero-order valence-electron chi connectivity index (χ0n) is 10.8. The van der Waals surface area contributed by atoms with E-state index in [4.69, 9.17) is 25.6 Å². The van der Waals surface area contributed by atoms with Crippen LogP contribution in [0.2, 0.25) is 5.22 Å². The Kier molecular flexibility index (Phi) is 3.11. The van der Waals surface area contributed by atoms with Crippen molar-refractivity contribution in [3.05, 3.63) is 29.0 Å². The summed E-state index contributed by atoms with van der Waals surface area (Å²) < 4.78 is 16.4. The minimum absolute atomic E-state index is 0.195. The largest absolute Gasteiger partial charge is 0.493 e. The number of rotatable bonds is 3. The molecule has 1 atom stereocenters. The van der Waals surface area contributed by atoms with Crippen molar-refractivity contribution in [1.82, 2.24) is 5.16 Å². The lowest BCUT2D eigenvalue weighted by Crippen LogP contribution is -2.05. The summed E-state index contributed by atoms with van der Waals surface area (Å²) in [5, 5.41) is 4.19. The van der Waals surface area contributed by atoms with Crippen molar-refractivity contribution in [2.24, 2.45) is 0 Å². The van der Waals surface area contributed by atoms with Crippen LogP contribution in [-0.2, 0) is 6.42 Å². The van der Waals surface area contributed by atoms with Crippen LogP contribution in [-0.4, -0.2) is 17.9 Å². The Morgan fingerprint density at radius 1 is 1.42 bits per heavy atom. The summed E-state index contributed by atoms with van der Waals surface area (Å²) in [5.41, 5.74) is 2.65. The molecule has 1 aromatic carbocycles. The number of benzene rings is 1. The first-order chi connectivity index (χ1) is 9.17. The van der Waals surface area contributed by atoms with Crippen LogP contribution in [0.1, 0.15) is 19.4 Å². The molecule has 0 saturated heterocycles. The first-order valence-corrected chi connectivity index (χ1v) is 6.64. The molecule has 1 aliphatic rings. The van der Waals surface area contributed by atoms with Gasteiger partial charge in [-0.15, -0.1) is 0 Å². The van der Waals surface area contributed by atoms with Crippen LogP contribution in [0, 0.1) is 0 Å². The molecule has 0 amide bonds. The molecular weight excluding hydrogens is 266 g/mol. The van der Waals surface area contributed by atoms with Crippen molar-refractivity contribution < 1.29 is 14.0 Å². The maximum Gasteiger partial charge on any atom is 0.226 e. The van der Waals surface area contributed by atoms with E-state index in [1.165, 1.54) is 0 Å². The zero-order valence-corrected chi connectivity index (χ0v) is 11.5. The predicted molar refractivity (Wildman–Crippen MR) is 71.9 cm³/mol. The van der Waals surface area contributed by atoms with Crippen molar-refractivity contribution in [2.75, 3.05) is 6.61 Å². The van der Waals surface area contributed by atoms with Crippen LogP contribution in [0.25, 0.3) is 11.3 Å². The highest BCUT2D eigenvalue weighted by atomic mass is 35.5. The number of aromatic nitrogens is 1. The van der Waals surface area contributed by atoms with E-state index in [0.29, 0.717) is 12.3 Å². The summed E-state index contributed by atoms with van der Waals surface area (Å²) in [6.45, 7) is 4.59. The Morgan fingerprint density at radius 3 is 2.95 bits per heavy atom. The molecule has 0 bridgehead atoms. The fourth-order valence-electron chi connectivity index (χ4n) is 2.29. The minimum atomic E-state index is 0.195. The third-order valence-electron chi connectivity index (χ3n) is 3.06. The van der Waals surface area contributed by atoms with Crippen molar-refractivity contribution >= 4 is 11.6 Å². The molecule has 5 heteroatoms. The number of hydrogen-bond donors (Lipinski definition) is 0.